The van der Waals surface area contributed by atoms with Gasteiger partial charge >= 0.3 is 0 Å². The first-order valence-corrected chi connectivity index (χ1v) is 7.74. The van der Waals surface area contributed by atoms with Gasteiger partial charge in [0.25, 0.3) is 0 Å². The van der Waals surface area contributed by atoms with E-state index in [4.69, 9.17) is 4.52 Å². The van der Waals surface area contributed by atoms with Crippen molar-refractivity contribution in [2.45, 2.75) is 45.2 Å². The third kappa shape index (κ3) is 3.35. The molecule has 0 N–H and O–H groups in total. The van der Waals surface area contributed by atoms with E-state index in [0.29, 0.717) is 6.54 Å². The molecule has 2 aromatic rings. The molecule has 1 saturated heterocycles. The summed E-state index contributed by atoms with van der Waals surface area (Å²) in [7, 11) is 0. The van der Waals surface area contributed by atoms with Gasteiger partial charge in [-0.3, -0.25) is 4.90 Å². The SMILES string of the molecule is Cc1cc([C@@H]2CCCCCN2Cc2ccc(F)c(F)c2)on1. The molecule has 0 aliphatic carbocycles. The van der Waals surface area contributed by atoms with E-state index in [1.807, 2.05) is 13.0 Å². The normalized spacial score (nSPS) is 20.0. The summed E-state index contributed by atoms with van der Waals surface area (Å²) in [6.45, 7) is 3.41. The van der Waals surface area contributed by atoms with E-state index < -0.39 is 11.6 Å². The van der Waals surface area contributed by atoms with Gasteiger partial charge in [-0.2, -0.15) is 0 Å². The Morgan fingerprint density at radius 2 is 2.05 bits per heavy atom. The smallest absolute Gasteiger partial charge is 0.159 e. The second kappa shape index (κ2) is 6.57. The number of likely N-dealkylation sites (tertiary alicyclic amines) is 1. The van der Waals surface area contributed by atoms with Crippen LogP contribution in [0.15, 0.2) is 28.8 Å². The molecule has 0 amide bonds. The number of benzene rings is 1. The number of aryl methyl sites for hydroxylation is 1. The van der Waals surface area contributed by atoms with Gasteiger partial charge in [0, 0.05) is 12.6 Å². The Hall–Kier alpha value is -1.75. The number of hydrogen-bond acceptors (Lipinski definition) is 3. The molecule has 0 bridgehead atoms. The monoisotopic (exact) mass is 306 g/mol. The van der Waals surface area contributed by atoms with Gasteiger partial charge in [-0.05, 0) is 44.0 Å². The van der Waals surface area contributed by atoms with Gasteiger partial charge in [0.15, 0.2) is 17.4 Å². The first-order chi connectivity index (χ1) is 10.6. The summed E-state index contributed by atoms with van der Waals surface area (Å²) in [5.41, 5.74) is 1.65. The largest absolute Gasteiger partial charge is 0.359 e. The number of aromatic nitrogens is 1. The van der Waals surface area contributed by atoms with Crippen molar-refractivity contribution in [3.63, 3.8) is 0 Å². The lowest BCUT2D eigenvalue weighted by Crippen LogP contribution is -2.28. The van der Waals surface area contributed by atoms with E-state index >= 15 is 0 Å². The highest BCUT2D eigenvalue weighted by Gasteiger charge is 2.26. The first kappa shape index (κ1) is 15.2. The maximum Gasteiger partial charge on any atom is 0.159 e. The van der Waals surface area contributed by atoms with Crippen molar-refractivity contribution >= 4 is 0 Å². The van der Waals surface area contributed by atoms with Crippen molar-refractivity contribution in [2.75, 3.05) is 6.54 Å². The van der Waals surface area contributed by atoms with Gasteiger partial charge in [0.05, 0.1) is 11.7 Å². The molecule has 1 aromatic carbocycles. The van der Waals surface area contributed by atoms with E-state index in [2.05, 4.69) is 10.1 Å². The van der Waals surface area contributed by atoms with E-state index in [0.717, 1.165) is 42.8 Å². The molecule has 1 aliphatic rings. The molecule has 2 heterocycles. The van der Waals surface area contributed by atoms with E-state index in [-0.39, 0.29) is 6.04 Å². The molecule has 0 saturated carbocycles. The maximum absolute atomic E-state index is 13.4. The third-order valence-electron chi connectivity index (χ3n) is 4.21. The van der Waals surface area contributed by atoms with Gasteiger partial charge in [-0.1, -0.05) is 24.1 Å². The van der Waals surface area contributed by atoms with Gasteiger partial charge in [-0.15, -0.1) is 0 Å². The Balaban J connectivity index is 1.82. The molecule has 5 heteroatoms. The van der Waals surface area contributed by atoms with E-state index in [1.54, 1.807) is 6.07 Å². The lowest BCUT2D eigenvalue weighted by Gasteiger charge is -2.28. The maximum atomic E-state index is 13.4. The minimum Gasteiger partial charge on any atom is -0.359 e. The van der Waals surface area contributed by atoms with Crippen LogP contribution in [0.25, 0.3) is 0 Å². The van der Waals surface area contributed by atoms with Crippen molar-refractivity contribution < 1.29 is 13.3 Å². The number of halogens is 2. The quantitative estimate of drug-likeness (QED) is 0.843. The lowest BCUT2D eigenvalue weighted by molar-refractivity contribution is 0.160. The Morgan fingerprint density at radius 1 is 1.18 bits per heavy atom. The highest BCUT2D eigenvalue weighted by Crippen LogP contribution is 2.31. The van der Waals surface area contributed by atoms with E-state index in [1.165, 1.54) is 18.6 Å². The third-order valence-corrected chi connectivity index (χ3v) is 4.21. The molecule has 0 spiro atoms. The molecule has 0 unspecified atom stereocenters. The minimum absolute atomic E-state index is 0.150. The highest BCUT2D eigenvalue weighted by molar-refractivity contribution is 5.18. The average molecular weight is 306 g/mol. The zero-order valence-electron chi connectivity index (χ0n) is 12.7. The summed E-state index contributed by atoms with van der Waals surface area (Å²) in [6.07, 6.45) is 4.42. The second-order valence-corrected chi connectivity index (χ2v) is 5.95. The molecule has 1 aliphatic heterocycles. The van der Waals surface area contributed by atoms with Gasteiger partial charge in [-0.25, -0.2) is 8.78 Å². The van der Waals surface area contributed by atoms with Crippen LogP contribution in [0.4, 0.5) is 8.78 Å². The summed E-state index contributed by atoms with van der Waals surface area (Å²) >= 11 is 0. The van der Waals surface area contributed by atoms with Crippen LogP contribution in [0.1, 0.15) is 48.7 Å². The molecule has 3 rings (SSSR count). The van der Waals surface area contributed by atoms with Crippen molar-refractivity contribution in [3.05, 3.63) is 52.9 Å². The molecule has 118 valence electrons. The van der Waals surface area contributed by atoms with Crippen molar-refractivity contribution in [1.29, 1.82) is 0 Å². The van der Waals surface area contributed by atoms with Crippen LogP contribution in [0.2, 0.25) is 0 Å². The predicted octanol–water partition coefficient (Wildman–Crippen LogP) is 4.38. The molecule has 1 fully saturated rings. The summed E-state index contributed by atoms with van der Waals surface area (Å²) in [5, 5.41) is 3.98. The molecule has 22 heavy (non-hydrogen) atoms. The summed E-state index contributed by atoms with van der Waals surface area (Å²) in [6, 6.07) is 6.23. The number of hydrogen-bond donors (Lipinski definition) is 0. The second-order valence-electron chi connectivity index (χ2n) is 5.95. The topological polar surface area (TPSA) is 29.3 Å². The van der Waals surface area contributed by atoms with Crippen LogP contribution in [0.3, 0.4) is 0 Å². The van der Waals surface area contributed by atoms with Crippen molar-refractivity contribution in [1.82, 2.24) is 10.1 Å². The predicted molar refractivity (Wildman–Crippen MR) is 79.2 cm³/mol. The standard InChI is InChI=1S/C17H20F2N2O/c1-12-9-17(22-20-12)16-5-3-2-4-8-21(16)11-13-6-7-14(18)15(19)10-13/h6-7,9-10,16H,2-5,8,11H2,1H3/t16-/m0/s1. The molecule has 0 radical (unpaired) electrons. The summed E-state index contributed by atoms with van der Waals surface area (Å²) < 4.78 is 31.9. The molecule has 1 atom stereocenters. The molecular formula is C17H20F2N2O. The Morgan fingerprint density at radius 3 is 2.77 bits per heavy atom. The van der Waals surface area contributed by atoms with Crippen molar-refractivity contribution in [2.24, 2.45) is 0 Å². The van der Waals surface area contributed by atoms with Gasteiger partial charge < -0.3 is 4.52 Å². The van der Waals surface area contributed by atoms with Gasteiger partial charge in [0.2, 0.25) is 0 Å². The van der Waals surface area contributed by atoms with Crippen molar-refractivity contribution in [3.8, 4) is 0 Å². The Kier molecular flexibility index (Phi) is 4.52. The van der Waals surface area contributed by atoms with Gasteiger partial charge in [0.1, 0.15) is 0 Å². The molecule has 1 aromatic heterocycles. The van der Waals surface area contributed by atoms with Crippen LogP contribution in [0.5, 0.6) is 0 Å². The summed E-state index contributed by atoms with van der Waals surface area (Å²) in [5.74, 6) is -0.733. The van der Waals surface area contributed by atoms with Crippen LogP contribution >= 0.6 is 0 Å². The lowest BCUT2D eigenvalue weighted by atomic mass is 10.1. The zero-order chi connectivity index (χ0) is 15.5. The number of rotatable bonds is 3. The van der Waals surface area contributed by atoms with Crippen LogP contribution < -0.4 is 0 Å². The minimum atomic E-state index is -0.804. The Bertz CT molecular complexity index is 641. The van der Waals surface area contributed by atoms with Crippen LogP contribution in [0, 0.1) is 18.6 Å². The fourth-order valence-corrected chi connectivity index (χ4v) is 3.09. The van der Waals surface area contributed by atoms with E-state index in [9.17, 15) is 8.78 Å². The molecule has 3 nitrogen and oxygen atoms in total. The average Bonchev–Trinajstić information content (AvgIpc) is 2.79. The number of nitrogens with zero attached hydrogens (tertiary/aromatic N) is 2. The highest BCUT2D eigenvalue weighted by atomic mass is 19.2. The van der Waals surface area contributed by atoms with Crippen LogP contribution in [-0.4, -0.2) is 16.6 Å². The summed E-state index contributed by atoms with van der Waals surface area (Å²) in [4.78, 5) is 2.28. The zero-order valence-corrected chi connectivity index (χ0v) is 12.7. The fraction of sp³-hybridized carbons (Fsp3) is 0.471. The Labute approximate surface area is 128 Å². The van der Waals surface area contributed by atoms with Crippen LogP contribution in [-0.2, 0) is 6.54 Å². The molecular weight excluding hydrogens is 286 g/mol. The first-order valence-electron chi connectivity index (χ1n) is 7.74. The fourth-order valence-electron chi connectivity index (χ4n) is 3.09.